The summed E-state index contributed by atoms with van der Waals surface area (Å²) in [5.41, 5.74) is 2.72. The molecule has 2 aliphatic heterocycles. The lowest BCUT2D eigenvalue weighted by Gasteiger charge is -2.44. The van der Waals surface area contributed by atoms with Crippen LogP contribution in [0.3, 0.4) is 0 Å². The van der Waals surface area contributed by atoms with Crippen LogP contribution in [0.1, 0.15) is 35.5 Å². The van der Waals surface area contributed by atoms with Gasteiger partial charge in [-0.2, -0.15) is 0 Å². The number of piperidine rings is 1. The second-order valence-electron chi connectivity index (χ2n) is 7.63. The van der Waals surface area contributed by atoms with E-state index in [2.05, 4.69) is 4.98 Å². The number of benzene rings is 1. The van der Waals surface area contributed by atoms with Gasteiger partial charge in [0.15, 0.2) is 11.5 Å². The summed E-state index contributed by atoms with van der Waals surface area (Å²) in [4.78, 5) is 23.8. The van der Waals surface area contributed by atoms with E-state index in [0.717, 1.165) is 36.3 Å². The Morgan fingerprint density at radius 1 is 1.21 bits per heavy atom. The fourth-order valence-electron chi connectivity index (χ4n) is 4.27. The van der Waals surface area contributed by atoms with Crippen molar-refractivity contribution in [2.45, 2.75) is 38.2 Å². The lowest BCUT2D eigenvalue weighted by molar-refractivity contribution is -0.140. The largest absolute Gasteiger partial charge is 0.493 e. The van der Waals surface area contributed by atoms with E-state index in [4.69, 9.17) is 19.2 Å². The highest BCUT2D eigenvalue weighted by Gasteiger charge is 2.43. The van der Waals surface area contributed by atoms with Crippen LogP contribution in [-0.4, -0.2) is 54.7 Å². The van der Waals surface area contributed by atoms with Gasteiger partial charge in [0.05, 0.1) is 32.9 Å². The molecule has 0 saturated carbocycles. The number of methoxy groups -OCH3 is 2. The van der Waals surface area contributed by atoms with Gasteiger partial charge in [0.1, 0.15) is 11.4 Å². The Labute approximate surface area is 171 Å². The third kappa shape index (κ3) is 3.79. The minimum Gasteiger partial charge on any atom is -0.493 e. The Hall–Kier alpha value is -2.67. The third-order valence-corrected chi connectivity index (χ3v) is 5.89. The summed E-state index contributed by atoms with van der Waals surface area (Å²) in [6.07, 6.45) is 4.63. The first-order chi connectivity index (χ1) is 14.0. The molecule has 0 radical (unpaired) electrons. The van der Waals surface area contributed by atoms with Gasteiger partial charge in [-0.15, -0.1) is 0 Å². The lowest BCUT2D eigenvalue weighted by Crippen LogP contribution is -2.49. The van der Waals surface area contributed by atoms with Gasteiger partial charge >= 0.3 is 0 Å². The number of hydrogen-bond acceptors (Lipinski definition) is 6. The zero-order chi connectivity index (χ0) is 20.4. The number of ether oxygens (including phenoxy) is 3. The first-order valence-electron chi connectivity index (χ1n) is 10.0. The Morgan fingerprint density at radius 2 is 1.97 bits per heavy atom. The van der Waals surface area contributed by atoms with Crippen molar-refractivity contribution in [1.82, 2.24) is 14.9 Å². The molecule has 7 nitrogen and oxygen atoms in total. The Bertz CT molecular complexity index is 907. The number of aryl methyl sites for hydroxylation is 1. The number of nitrogens with zero attached hydrogens (tertiary/aromatic N) is 3. The lowest BCUT2D eigenvalue weighted by atomic mass is 9.83. The fraction of sp³-hybridized carbons (Fsp3) is 0.500. The van der Waals surface area contributed by atoms with Gasteiger partial charge in [-0.3, -0.25) is 4.79 Å². The van der Waals surface area contributed by atoms with Crippen molar-refractivity contribution in [2.75, 3.05) is 33.9 Å². The minimum absolute atomic E-state index is 0.113. The molecule has 154 valence electrons. The Kier molecular flexibility index (Phi) is 5.41. The molecule has 0 unspecified atom stereocenters. The molecule has 1 amide bonds. The predicted octanol–water partition coefficient (Wildman–Crippen LogP) is 2.44. The summed E-state index contributed by atoms with van der Waals surface area (Å²) >= 11 is 0. The normalized spacial score (nSPS) is 17.7. The van der Waals surface area contributed by atoms with Crippen LogP contribution in [0.25, 0.3) is 0 Å². The molecule has 1 fully saturated rings. The summed E-state index contributed by atoms with van der Waals surface area (Å²) in [6, 6.07) is 5.61. The first kappa shape index (κ1) is 19.6. The second kappa shape index (κ2) is 7.99. The maximum absolute atomic E-state index is 12.9. The molecule has 1 saturated heterocycles. The van der Waals surface area contributed by atoms with E-state index >= 15 is 0 Å². The highest BCUT2D eigenvalue weighted by molar-refractivity contribution is 5.79. The molecule has 0 bridgehead atoms. The maximum atomic E-state index is 12.9. The SMILES string of the molecule is COc1ccc(CC(=O)N2CCC3(CC2)OCCc2cnc(C)nc23)cc1OC. The van der Waals surface area contributed by atoms with Crippen LogP contribution in [0.4, 0.5) is 0 Å². The fourth-order valence-corrected chi connectivity index (χ4v) is 4.27. The number of amides is 1. The van der Waals surface area contributed by atoms with Crippen LogP contribution in [0.15, 0.2) is 24.4 Å². The summed E-state index contributed by atoms with van der Waals surface area (Å²) in [6.45, 7) is 3.91. The van der Waals surface area contributed by atoms with Gasteiger partial charge in [-0.05, 0) is 49.4 Å². The quantitative estimate of drug-likeness (QED) is 0.789. The topological polar surface area (TPSA) is 73.8 Å². The van der Waals surface area contributed by atoms with Gasteiger partial charge in [0.2, 0.25) is 5.91 Å². The second-order valence-corrected chi connectivity index (χ2v) is 7.63. The van der Waals surface area contributed by atoms with E-state index < -0.39 is 0 Å². The maximum Gasteiger partial charge on any atom is 0.226 e. The van der Waals surface area contributed by atoms with Crippen LogP contribution in [0.5, 0.6) is 11.5 Å². The van der Waals surface area contributed by atoms with E-state index in [9.17, 15) is 4.79 Å². The van der Waals surface area contributed by atoms with E-state index in [1.54, 1.807) is 14.2 Å². The van der Waals surface area contributed by atoms with Crippen LogP contribution < -0.4 is 9.47 Å². The minimum atomic E-state index is -0.388. The van der Waals surface area contributed by atoms with Gasteiger partial charge in [-0.1, -0.05) is 6.07 Å². The number of carbonyl (C=O) groups excluding carboxylic acids is 1. The van der Waals surface area contributed by atoms with Crippen LogP contribution in [-0.2, 0) is 28.0 Å². The number of carbonyl (C=O) groups is 1. The van der Waals surface area contributed by atoms with Gasteiger partial charge in [0, 0.05) is 19.3 Å². The zero-order valence-electron chi connectivity index (χ0n) is 17.2. The van der Waals surface area contributed by atoms with Crippen molar-refractivity contribution in [3.05, 3.63) is 47.0 Å². The molecule has 1 aromatic carbocycles. The van der Waals surface area contributed by atoms with Gasteiger partial charge in [0.25, 0.3) is 0 Å². The molecule has 1 spiro atoms. The Balaban J connectivity index is 1.44. The number of likely N-dealkylation sites (tertiary alicyclic amines) is 1. The van der Waals surface area contributed by atoms with Crippen molar-refractivity contribution in [1.29, 1.82) is 0 Å². The molecule has 2 aliphatic rings. The third-order valence-electron chi connectivity index (χ3n) is 5.89. The predicted molar refractivity (Wildman–Crippen MR) is 107 cm³/mol. The molecule has 29 heavy (non-hydrogen) atoms. The summed E-state index contributed by atoms with van der Waals surface area (Å²) < 4.78 is 16.8. The van der Waals surface area contributed by atoms with Crippen LogP contribution in [0.2, 0.25) is 0 Å². The van der Waals surface area contributed by atoms with Crippen LogP contribution in [0, 0.1) is 6.92 Å². The van der Waals surface area contributed by atoms with Crippen molar-refractivity contribution < 1.29 is 19.0 Å². The van der Waals surface area contributed by atoms with E-state index in [1.807, 2.05) is 36.2 Å². The molecular formula is C22H27N3O4. The van der Waals surface area contributed by atoms with Crippen LogP contribution >= 0.6 is 0 Å². The molecule has 3 heterocycles. The molecule has 0 N–H and O–H groups in total. The molecular weight excluding hydrogens is 370 g/mol. The van der Waals surface area contributed by atoms with E-state index in [1.165, 1.54) is 5.56 Å². The number of rotatable bonds is 4. The van der Waals surface area contributed by atoms with Gasteiger partial charge < -0.3 is 19.1 Å². The number of hydrogen-bond donors (Lipinski definition) is 0. The monoisotopic (exact) mass is 397 g/mol. The molecule has 0 aliphatic carbocycles. The van der Waals surface area contributed by atoms with Crippen molar-refractivity contribution in [3.8, 4) is 11.5 Å². The number of aromatic nitrogens is 2. The summed E-state index contributed by atoms with van der Waals surface area (Å²) in [5.74, 6) is 2.18. The van der Waals surface area contributed by atoms with Gasteiger partial charge in [-0.25, -0.2) is 9.97 Å². The highest BCUT2D eigenvalue weighted by atomic mass is 16.5. The Morgan fingerprint density at radius 3 is 2.69 bits per heavy atom. The molecule has 1 aromatic heterocycles. The van der Waals surface area contributed by atoms with Crippen molar-refractivity contribution >= 4 is 5.91 Å². The summed E-state index contributed by atoms with van der Waals surface area (Å²) in [7, 11) is 3.20. The standard InChI is InChI=1S/C22H27N3O4/c1-15-23-14-17-6-11-29-22(21(17)24-15)7-9-25(10-8-22)20(26)13-16-4-5-18(27-2)19(12-16)28-3/h4-5,12,14H,6-11,13H2,1-3H3. The number of fused-ring (bicyclic) bond motifs is 2. The smallest absolute Gasteiger partial charge is 0.226 e. The average molecular weight is 397 g/mol. The molecule has 0 atom stereocenters. The summed E-state index contributed by atoms with van der Waals surface area (Å²) in [5, 5.41) is 0. The highest BCUT2D eigenvalue weighted by Crippen LogP contribution is 2.40. The first-order valence-corrected chi connectivity index (χ1v) is 10.0. The van der Waals surface area contributed by atoms with E-state index in [-0.39, 0.29) is 11.5 Å². The van der Waals surface area contributed by atoms with E-state index in [0.29, 0.717) is 37.6 Å². The zero-order valence-corrected chi connectivity index (χ0v) is 17.2. The average Bonchev–Trinajstić information content (AvgIpc) is 2.75. The van der Waals surface area contributed by atoms with Crippen molar-refractivity contribution in [3.63, 3.8) is 0 Å². The molecule has 7 heteroatoms. The molecule has 4 rings (SSSR count). The molecule has 2 aromatic rings. The van der Waals surface area contributed by atoms with Crippen molar-refractivity contribution in [2.24, 2.45) is 0 Å².